The number of carbonyl (C=O) groups is 1. The molecule has 0 atom stereocenters. The standard InChI is InChI=1S/C24H28N4O2S/c29-23(19-3-1-5-20-18(19)4-2-12-25-20)26-17-8-6-16(7-9-17)10-13-28-14-11-22-21(15-28)27-24(30)31-22/h1-5,12,16-17H,6-11,13-15H2,(H,26,29)(H,27,30)/t16-,17-. The number of hydrogen-bond donors (Lipinski definition) is 2. The lowest BCUT2D eigenvalue weighted by Crippen LogP contribution is -2.38. The van der Waals surface area contributed by atoms with Crippen molar-refractivity contribution in [3.8, 4) is 5.19 Å². The van der Waals surface area contributed by atoms with Gasteiger partial charge < -0.3 is 10.4 Å². The van der Waals surface area contributed by atoms with Crippen LogP contribution in [0.1, 0.15) is 53.0 Å². The number of nitrogens with one attached hydrogen (secondary N) is 1. The topological polar surface area (TPSA) is 78.4 Å². The van der Waals surface area contributed by atoms with E-state index in [0.29, 0.717) is 5.56 Å². The van der Waals surface area contributed by atoms with Crippen molar-refractivity contribution in [2.45, 2.75) is 51.1 Å². The highest BCUT2D eigenvalue weighted by atomic mass is 32.1. The Labute approximate surface area is 186 Å². The Morgan fingerprint density at radius 3 is 2.94 bits per heavy atom. The monoisotopic (exact) mass is 436 g/mol. The van der Waals surface area contributed by atoms with Gasteiger partial charge in [0.1, 0.15) is 0 Å². The van der Waals surface area contributed by atoms with Crippen molar-refractivity contribution < 1.29 is 9.90 Å². The molecule has 3 aromatic rings. The molecule has 2 aliphatic rings. The zero-order valence-corrected chi connectivity index (χ0v) is 18.4. The highest BCUT2D eigenvalue weighted by molar-refractivity contribution is 7.13. The first kappa shape index (κ1) is 20.4. The van der Waals surface area contributed by atoms with Crippen LogP contribution in [0.5, 0.6) is 5.19 Å². The van der Waals surface area contributed by atoms with Gasteiger partial charge in [-0.1, -0.05) is 23.5 Å². The maximum atomic E-state index is 12.9. The Morgan fingerprint density at radius 1 is 1.19 bits per heavy atom. The molecule has 1 amide bonds. The second-order valence-corrected chi connectivity index (χ2v) is 9.81. The van der Waals surface area contributed by atoms with Crippen LogP contribution in [0.4, 0.5) is 0 Å². The number of carbonyl (C=O) groups excluding carboxylic acids is 1. The maximum Gasteiger partial charge on any atom is 0.271 e. The lowest BCUT2D eigenvalue weighted by Gasteiger charge is -2.32. The highest BCUT2D eigenvalue weighted by Crippen LogP contribution is 2.31. The summed E-state index contributed by atoms with van der Waals surface area (Å²) in [6, 6.07) is 9.83. The van der Waals surface area contributed by atoms with Crippen LogP contribution in [0.15, 0.2) is 36.5 Å². The van der Waals surface area contributed by atoms with E-state index in [9.17, 15) is 9.90 Å². The molecule has 1 aliphatic heterocycles. The summed E-state index contributed by atoms with van der Waals surface area (Å²) in [6.07, 6.45) is 8.37. The van der Waals surface area contributed by atoms with Crippen molar-refractivity contribution in [2.24, 2.45) is 5.92 Å². The molecule has 0 radical (unpaired) electrons. The fourth-order valence-corrected chi connectivity index (χ4v) is 5.75. The molecule has 5 rings (SSSR count). The number of pyridine rings is 1. The molecule has 0 bridgehead atoms. The van der Waals surface area contributed by atoms with E-state index < -0.39 is 0 Å². The van der Waals surface area contributed by atoms with E-state index in [1.54, 1.807) is 6.20 Å². The molecule has 3 heterocycles. The number of fused-ring (bicyclic) bond motifs is 2. The van der Waals surface area contributed by atoms with Gasteiger partial charge >= 0.3 is 0 Å². The molecule has 31 heavy (non-hydrogen) atoms. The Balaban J connectivity index is 1.10. The molecule has 6 nitrogen and oxygen atoms in total. The average Bonchev–Trinajstić information content (AvgIpc) is 3.17. The number of aromatic nitrogens is 2. The van der Waals surface area contributed by atoms with Gasteiger partial charge in [-0.25, -0.2) is 4.98 Å². The second-order valence-electron chi connectivity index (χ2n) is 8.75. The van der Waals surface area contributed by atoms with Crippen molar-refractivity contribution in [1.29, 1.82) is 0 Å². The molecular formula is C24H28N4O2S. The highest BCUT2D eigenvalue weighted by Gasteiger charge is 2.25. The minimum absolute atomic E-state index is 0.0117. The van der Waals surface area contributed by atoms with E-state index in [1.165, 1.54) is 35.5 Å². The first-order valence-corrected chi connectivity index (χ1v) is 12.0. The summed E-state index contributed by atoms with van der Waals surface area (Å²) >= 11 is 1.42. The van der Waals surface area contributed by atoms with Crippen LogP contribution in [0.25, 0.3) is 10.9 Å². The van der Waals surface area contributed by atoms with Crippen molar-refractivity contribution in [1.82, 2.24) is 20.2 Å². The molecule has 7 heteroatoms. The summed E-state index contributed by atoms with van der Waals surface area (Å²) in [4.78, 5) is 25.2. The summed E-state index contributed by atoms with van der Waals surface area (Å²) in [5.41, 5.74) is 2.63. The first-order chi connectivity index (χ1) is 15.2. The van der Waals surface area contributed by atoms with E-state index in [1.807, 2.05) is 30.3 Å². The summed E-state index contributed by atoms with van der Waals surface area (Å²) in [6.45, 7) is 3.00. The first-order valence-electron chi connectivity index (χ1n) is 11.2. The molecular weight excluding hydrogens is 408 g/mol. The largest absolute Gasteiger partial charge is 0.486 e. The van der Waals surface area contributed by atoms with Crippen LogP contribution < -0.4 is 5.32 Å². The van der Waals surface area contributed by atoms with Gasteiger partial charge in [-0.2, -0.15) is 0 Å². The molecule has 162 valence electrons. The van der Waals surface area contributed by atoms with Crippen LogP contribution in [0, 0.1) is 5.92 Å². The van der Waals surface area contributed by atoms with Crippen LogP contribution in [-0.2, 0) is 13.0 Å². The van der Waals surface area contributed by atoms with Crippen LogP contribution in [0.2, 0.25) is 0 Å². The predicted octanol–water partition coefficient (Wildman–Crippen LogP) is 4.13. The normalized spacial score (nSPS) is 21.7. The molecule has 1 saturated carbocycles. The Bertz CT molecular complexity index is 1070. The van der Waals surface area contributed by atoms with Gasteiger partial charge in [-0.15, -0.1) is 0 Å². The van der Waals surface area contributed by atoms with Gasteiger partial charge in [-0.05, 0) is 69.2 Å². The molecule has 0 spiro atoms. The Hall–Kier alpha value is -2.51. The maximum absolute atomic E-state index is 12.9. The lowest BCUT2D eigenvalue weighted by atomic mass is 9.84. The van der Waals surface area contributed by atoms with E-state index >= 15 is 0 Å². The molecule has 2 aromatic heterocycles. The SMILES string of the molecule is O=C(N[C@H]1CC[C@H](CCN2CCc3sc(O)nc3C2)CC1)c1cccc2ncccc12. The van der Waals surface area contributed by atoms with Crippen molar-refractivity contribution in [2.75, 3.05) is 13.1 Å². The number of hydrogen-bond acceptors (Lipinski definition) is 6. The lowest BCUT2D eigenvalue weighted by molar-refractivity contribution is 0.0921. The van der Waals surface area contributed by atoms with Gasteiger partial charge in [0.25, 0.3) is 11.1 Å². The van der Waals surface area contributed by atoms with E-state index in [4.69, 9.17) is 0 Å². The zero-order chi connectivity index (χ0) is 21.2. The minimum Gasteiger partial charge on any atom is -0.486 e. The fourth-order valence-electron chi connectivity index (χ4n) is 4.96. The van der Waals surface area contributed by atoms with E-state index in [0.717, 1.165) is 61.4 Å². The molecule has 0 saturated heterocycles. The Kier molecular flexibility index (Phi) is 5.87. The quantitative estimate of drug-likeness (QED) is 0.629. The van der Waals surface area contributed by atoms with Crippen molar-refractivity contribution in [3.05, 3.63) is 52.7 Å². The summed E-state index contributed by atoms with van der Waals surface area (Å²) in [5, 5.41) is 14.0. The molecule has 2 N–H and O–H groups in total. The van der Waals surface area contributed by atoms with Crippen LogP contribution in [0.3, 0.4) is 0 Å². The Morgan fingerprint density at radius 2 is 2.06 bits per heavy atom. The van der Waals surface area contributed by atoms with Gasteiger partial charge in [-0.3, -0.25) is 14.7 Å². The van der Waals surface area contributed by atoms with Crippen molar-refractivity contribution >= 4 is 28.1 Å². The molecule has 1 aromatic carbocycles. The summed E-state index contributed by atoms with van der Waals surface area (Å²) in [5.74, 6) is 0.734. The van der Waals surface area contributed by atoms with Crippen LogP contribution in [-0.4, -0.2) is 45.0 Å². The van der Waals surface area contributed by atoms with Gasteiger partial charge in [0.15, 0.2) is 0 Å². The number of amides is 1. The third-order valence-electron chi connectivity index (χ3n) is 6.72. The second kappa shape index (κ2) is 8.93. The van der Waals surface area contributed by atoms with E-state index in [2.05, 4.69) is 20.2 Å². The van der Waals surface area contributed by atoms with Gasteiger partial charge in [0, 0.05) is 41.2 Å². The van der Waals surface area contributed by atoms with Crippen molar-refractivity contribution in [3.63, 3.8) is 0 Å². The average molecular weight is 437 g/mol. The minimum atomic E-state index is 0.0117. The van der Waals surface area contributed by atoms with Gasteiger partial charge in [0.05, 0.1) is 11.2 Å². The molecule has 1 aliphatic carbocycles. The summed E-state index contributed by atoms with van der Waals surface area (Å²) < 4.78 is 0. The smallest absolute Gasteiger partial charge is 0.271 e. The number of nitrogens with zero attached hydrogens (tertiary/aromatic N) is 3. The predicted molar refractivity (Wildman–Crippen MR) is 122 cm³/mol. The fraction of sp³-hybridized carbons (Fsp3) is 0.458. The zero-order valence-electron chi connectivity index (χ0n) is 17.6. The summed E-state index contributed by atoms with van der Waals surface area (Å²) in [7, 11) is 0. The number of aromatic hydroxyl groups is 1. The number of thiazole rings is 1. The van der Waals surface area contributed by atoms with E-state index in [-0.39, 0.29) is 17.1 Å². The third-order valence-corrected chi connectivity index (χ3v) is 7.68. The number of benzene rings is 1. The molecule has 1 fully saturated rings. The van der Waals surface area contributed by atoms with Gasteiger partial charge in [0.2, 0.25) is 0 Å². The third kappa shape index (κ3) is 4.57. The number of rotatable bonds is 5. The molecule has 0 unspecified atom stereocenters. The van der Waals surface area contributed by atoms with Crippen LogP contribution >= 0.6 is 11.3 Å².